The van der Waals surface area contributed by atoms with Gasteiger partial charge in [-0.2, -0.15) is 5.10 Å². The van der Waals surface area contributed by atoms with Gasteiger partial charge in [0.1, 0.15) is 0 Å². The maximum absolute atomic E-state index is 8.90. The molecule has 1 rings (SSSR count). The van der Waals surface area contributed by atoms with E-state index in [1.54, 1.807) is 4.68 Å². The van der Waals surface area contributed by atoms with Crippen LogP contribution in [0.5, 0.6) is 0 Å². The maximum atomic E-state index is 8.90. The van der Waals surface area contributed by atoms with Gasteiger partial charge in [0.2, 0.25) is 0 Å². The van der Waals surface area contributed by atoms with Crippen LogP contribution < -0.4 is 0 Å². The summed E-state index contributed by atoms with van der Waals surface area (Å²) in [4.78, 5) is 0. The van der Waals surface area contributed by atoms with E-state index in [-0.39, 0.29) is 6.61 Å². The van der Waals surface area contributed by atoms with Gasteiger partial charge in [-0.25, -0.2) is 0 Å². The molecule has 0 aliphatic carbocycles. The van der Waals surface area contributed by atoms with Crippen LogP contribution in [-0.4, -0.2) is 14.9 Å². The summed E-state index contributed by atoms with van der Waals surface area (Å²) >= 11 is 0. The average molecular weight is 154 g/mol. The fraction of sp³-hybridized carbons (Fsp3) is 0.625. The first-order valence-electron chi connectivity index (χ1n) is 3.78. The van der Waals surface area contributed by atoms with E-state index >= 15 is 0 Å². The molecule has 1 N–H and O–H groups in total. The Morgan fingerprint density at radius 3 is 2.64 bits per heavy atom. The number of hydrogen-bond acceptors (Lipinski definition) is 2. The molecular weight excluding hydrogens is 140 g/mol. The fourth-order valence-corrected chi connectivity index (χ4v) is 1.16. The van der Waals surface area contributed by atoms with Crippen LogP contribution in [0.1, 0.15) is 31.0 Å². The molecule has 0 spiro atoms. The van der Waals surface area contributed by atoms with Gasteiger partial charge in [0.25, 0.3) is 0 Å². The lowest BCUT2D eigenvalue weighted by molar-refractivity contribution is 0.274. The lowest BCUT2D eigenvalue weighted by Gasteiger charge is -2.01. The summed E-state index contributed by atoms with van der Waals surface area (Å²) in [6.45, 7) is 4.22. The van der Waals surface area contributed by atoms with Gasteiger partial charge >= 0.3 is 0 Å². The predicted octanol–water partition coefficient (Wildman–Crippen LogP) is 1.04. The largest absolute Gasteiger partial charge is 0.390 e. The zero-order chi connectivity index (χ0) is 8.43. The van der Waals surface area contributed by atoms with Gasteiger partial charge in [-0.3, -0.25) is 4.68 Å². The molecule has 1 heterocycles. The van der Waals surface area contributed by atoms with Crippen molar-refractivity contribution in [3.05, 3.63) is 17.5 Å². The molecule has 0 atom stereocenters. The Balaban J connectivity index is 3.02. The SMILES string of the molecule is CC(C)c1cn(C)nc1CO. The Morgan fingerprint density at radius 1 is 1.64 bits per heavy atom. The molecule has 3 heteroatoms. The second kappa shape index (κ2) is 3.05. The number of aromatic nitrogens is 2. The summed E-state index contributed by atoms with van der Waals surface area (Å²) in [5.74, 6) is 0.436. The van der Waals surface area contributed by atoms with Crippen LogP contribution in [-0.2, 0) is 13.7 Å². The first-order valence-corrected chi connectivity index (χ1v) is 3.78. The van der Waals surface area contributed by atoms with Crippen LogP contribution in [0.3, 0.4) is 0 Å². The predicted molar refractivity (Wildman–Crippen MR) is 43.2 cm³/mol. The van der Waals surface area contributed by atoms with E-state index in [1.807, 2.05) is 13.2 Å². The molecule has 0 saturated heterocycles. The number of aliphatic hydroxyl groups is 1. The van der Waals surface area contributed by atoms with Gasteiger partial charge in [-0.1, -0.05) is 13.8 Å². The summed E-state index contributed by atoms with van der Waals surface area (Å²) in [5.41, 5.74) is 1.93. The van der Waals surface area contributed by atoms with E-state index < -0.39 is 0 Å². The minimum Gasteiger partial charge on any atom is -0.390 e. The zero-order valence-electron chi connectivity index (χ0n) is 7.20. The Labute approximate surface area is 66.7 Å². The number of hydrogen-bond donors (Lipinski definition) is 1. The summed E-state index contributed by atoms with van der Waals surface area (Å²) in [7, 11) is 1.87. The van der Waals surface area contributed by atoms with Crippen molar-refractivity contribution in [2.24, 2.45) is 7.05 Å². The van der Waals surface area contributed by atoms with Gasteiger partial charge in [0.05, 0.1) is 12.3 Å². The Kier molecular flexibility index (Phi) is 2.29. The van der Waals surface area contributed by atoms with Crippen molar-refractivity contribution in [1.29, 1.82) is 0 Å². The van der Waals surface area contributed by atoms with Gasteiger partial charge < -0.3 is 5.11 Å². The van der Waals surface area contributed by atoms with Crippen LogP contribution in [0.15, 0.2) is 6.20 Å². The molecular formula is C8H14N2O. The maximum Gasteiger partial charge on any atom is 0.0913 e. The molecule has 0 saturated carbocycles. The molecule has 1 aromatic heterocycles. The second-order valence-corrected chi connectivity index (χ2v) is 3.02. The van der Waals surface area contributed by atoms with Crippen molar-refractivity contribution in [2.75, 3.05) is 0 Å². The van der Waals surface area contributed by atoms with Crippen molar-refractivity contribution in [2.45, 2.75) is 26.4 Å². The van der Waals surface area contributed by atoms with Crippen LogP contribution in [0.2, 0.25) is 0 Å². The standard InChI is InChI=1S/C8H14N2O/c1-6(2)7-4-10(3)9-8(7)5-11/h4,6,11H,5H2,1-3H3. The molecule has 1 aromatic rings. The summed E-state index contributed by atoms with van der Waals surface area (Å²) < 4.78 is 1.74. The molecule has 0 aromatic carbocycles. The highest BCUT2D eigenvalue weighted by atomic mass is 16.3. The monoisotopic (exact) mass is 154 g/mol. The number of nitrogens with zero attached hydrogens (tertiary/aromatic N) is 2. The molecule has 0 aliphatic rings. The van der Waals surface area contributed by atoms with Gasteiger partial charge in [-0.05, 0) is 11.5 Å². The topological polar surface area (TPSA) is 38.0 Å². The molecule has 3 nitrogen and oxygen atoms in total. The third-order valence-electron chi connectivity index (χ3n) is 1.71. The van der Waals surface area contributed by atoms with Crippen molar-refractivity contribution in [3.63, 3.8) is 0 Å². The number of aliphatic hydroxyl groups excluding tert-OH is 1. The third kappa shape index (κ3) is 1.60. The van der Waals surface area contributed by atoms with Crippen molar-refractivity contribution in [3.8, 4) is 0 Å². The smallest absolute Gasteiger partial charge is 0.0913 e. The van der Waals surface area contributed by atoms with Crippen LogP contribution in [0, 0.1) is 0 Å². The molecule has 0 radical (unpaired) electrons. The van der Waals surface area contributed by atoms with E-state index in [0.717, 1.165) is 11.3 Å². The number of aryl methyl sites for hydroxylation is 1. The van der Waals surface area contributed by atoms with Crippen LogP contribution in [0.4, 0.5) is 0 Å². The normalized spacial score (nSPS) is 11.0. The molecule has 62 valence electrons. The Hall–Kier alpha value is -0.830. The Bertz CT molecular complexity index is 240. The van der Waals surface area contributed by atoms with Crippen molar-refractivity contribution >= 4 is 0 Å². The summed E-state index contributed by atoms with van der Waals surface area (Å²) in [5, 5.41) is 13.0. The van der Waals surface area contributed by atoms with Crippen molar-refractivity contribution < 1.29 is 5.11 Å². The van der Waals surface area contributed by atoms with E-state index in [0.29, 0.717) is 5.92 Å². The van der Waals surface area contributed by atoms with Gasteiger partial charge in [0, 0.05) is 13.2 Å². The molecule has 0 amide bonds. The Morgan fingerprint density at radius 2 is 2.27 bits per heavy atom. The summed E-state index contributed by atoms with van der Waals surface area (Å²) in [6.07, 6.45) is 1.95. The van der Waals surface area contributed by atoms with E-state index in [2.05, 4.69) is 18.9 Å². The zero-order valence-corrected chi connectivity index (χ0v) is 7.20. The highest BCUT2D eigenvalue weighted by Crippen LogP contribution is 2.17. The lowest BCUT2D eigenvalue weighted by Crippen LogP contribution is -1.93. The first kappa shape index (κ1) is 8.27. The molecule has 0 fully saturated rings. The fourth-order valence-electron chi connectivity index (χ4n) is 1.16. The summed E-state index contributed by atoms with van der Waals surface area (Å²) in [6, 6.07) is 0. The molecule has 11 heavy (non-hydrogen) atoms. The quantitative estimate of drug-likeness (QED) is 0.691. The minimum absolute atomic E-state index is 0.0361. The van der Waals surface area contributed by atoms with Gasteiger partial charge in [0.15, 0.2) is 0 Å². The average Bonchev–Trinajstić information content (AvgIpc) is 2.30. The highest BCUT2D eigenvalue weighted by Gasteiger charge is 2.08. The molecule has 0 aliphatic heterocycles. The highest BCUT2D eigenvalue weighted by molar-refractivity contribution is 5.19. The third-order valence-corrected chi connectivity index (χ3v) is 1.71. The lowest BCUT2D eigenvalue weighted by atomic mass is 10.1. The first-order chi connectivity index (χ1) is 5.15. The second-order valence-electron chi connectivity index (χ2n) is 3.02. The van der Waals surface area contributed by atoms with Gasteiger partial charge in [-0.15, -0.1) is 0 Å². The molecule has 0 unspecified atom stereocenters. The van der Waals surface area contributed by atoms with Crippen LogP contribution in [0.25, 0.3) is 0 Å². The number of rotatable bonds is 2. The minimum atomic E-state index is 0.0361. The van der Waals surface area contributed by atoms with E-state index in [4.69, 9.17) is 5.11 Å². The van der Waals surface area contributed by atoms with E-state index in [9.17, 15) is 0 Å². The van der Waals surface area contributed by atoms with Crippen LogP contribution >= 0.6 is 0 Å². The van der Waals surface area contributed by atoms with E-state index in [1.165, 1.54) is 0 Å². The van der Waals surface area contributed by atoms with Crippen molar-refractivity contribution in [1.82, 2.24) is 9.78 Å². The molecule has 0 bridgehead atoms.